The minimum Gasteiger partial charge on any atom is -0.364 e. The molecule has 0 bridgehead atoms. The Labute approximate surface area is 152 Å². The zero-order chi connectivity index (χ0) is 18.9. The molecule has 4 rings (SSSR count). The van der Waals surface area contributed by atoms with Crippen molar-refractivity contribution in [2.45, 2.75) is 12.7 Å². The normalized spacial score (nSPS) is 11.7. The molecule has 0 radical (unpaired) electrons. The predicted molar refractivity (Wildman–Crippen MR) is 95.9 cm³/mol. The summed E-state index contributed by atoms with van der Waals surface area (Å²) in [4.78, 5) is 16.0. The van der Waals surface area contributed by atoms with Gasteiger partial charge >= 0.3 is 6.18 Å². The van der Waals surface area contributed by atoms with E-state index in [2.05, 4.69) is 25.3 Å². The van der Waals surface area contributed by atoms with Gasteiger partial charge in [0, 0.05) is 12.1 Å². The number of anilines is 1. The number of rotatable bonds is 4. The Balaban J connectivity index is 1.60. The molecule has 8 heteroatoms. The molecule has 136 valence electrons. The van der Waals surface area contributed by atoms with Crippen LogP contribution in [0, 0.1) is 0 Å². The number of hydrogen-bond acceptors (Lipinski definition) is 4. The van der Waals surface area contributed by atoms with Crippen molar-refractivity contribution in [3.05, 3.63) is 72.1 Å². The largest absolute Gasteiger partial charge is 0.416 e. The molecule has 27 heavy (non-hydrogen) atoms. The zero-order valence-electron chi connectivity index (χ0n) is 14.0. The van der Waals surface area contributed by atoms with Crippen LogP contribution in [0.2, 0.25) is 0 Å². The van der Waals surface area contributed by atoms with Gasteiger partial charge in [0.15, 0.2) is 11.5 Å². The van der Waals surface area contributed by atoms with E-state index in [1.54, 1.807) is 6.07 Å². The summed E-state index contributed by atoms with van der Waals surface area (Å²) in [5.74, 6) is 1.13. The molecular formula is C19H14F3N5. The first kappa shape index (κ1) is 17.0. The van der Waals surface area contributed by atoms with Crippen LogP contribution in [0.5, 0.6) is 0 Å². The molecule has 0 saturated carbocycles. The number of nitrogens with zero attached hydrogens (tertiary/aromatic N) is 3. The van der Waals surface area contributed by atoms with E-state index in [0.717, 1.165) is 17.7 Å². The lowest BCUT2D eigenvalue weighted by atomic mass is 10.1. The maximum atomic E-state index is 12.8. The molecule has 2 N–H and O–H groups in total. The minimum atomic E-state index is -4.37. The van der Waals surface area contributed by atoms with Gasteiger partial charge in [-0.05, 0) is 17.7 Å². The molecule has 0 saturated heterocycles. The van der Waals surface area contributed by atoms with Gasteiger partial charge in [-0.1, -0.05) is 42.5 Å². The van der Waals surface area contributed by atoms with E-state index in [9.17, 15) is 13.2 Å². The quantitative estimate of drug-likeness (QED) is 0.549. The Bertz CT molecular complexity index is 1070. The van der Waals surface area contributed by atoms with Gasteiger partial charge in [-0.2, -0.15) is 13.2 Å². The average Bonchev–Trinajstić information content (AvgIpc) is 3.11. The van der Waals surface area contributed by atoms with Crippen molar-refractivity contribution in [1.82, 2.24) is 19.9 Å². The number of benzene rings is 2. The second-order valence-corrected chi connectivity index (χ2v) is 5.92. The fourth-order valence-corrected chi connectivity index (χ4v) is 2.74. The molecule has 5 nitrogen and oxygen atoms in total. The summed E-state index contributed by atoms with van der Waals surface area (Å²) in [7, 11) is 0. The monoisotopic (exact) mass is 369 g/mol. The number of H-pyrrole nitrogens is 1. The molecule has 2 heterocycles. The molecule has 4 aromatic rings. The third-order valence-corrected chi connectivity index (χ3v) is 4.05. The first-order valence-electron chi connectivity index (χ1n) is 8.17. The van der Waals surface area contributed by atoms with Crippen molar-refractivity contribution < 1.29 is 13.2 Å². The van der Waals surface area contributed by atoms with E-state index >= 15 is 0 Å². The third kappa shape index (κ3) is 3.59. The first-order chi connectivity index (χ1) is 13.0. The SMILES string of the molecule is FC(F)(F)c1cccc(CNc2ncnc3nc(-c4ccccc4)[nH]c23)c1. The van der Waals surface area contributed by atoms with Crippen LogP contribution in [0.4, 0.5) is 19.0 Å². The van der Waals surface area contributed by atoms with E-state index in [1.807, 2.05) is 30.3 Å². The topological polar surface area (TPSA) is 66.5 Å². The highest BCUT2D eigenvalue weighted by atomic mass is 19.4. The van der Waals surface area contributed by atoms with E-state index in [-0.39, 0.29) is 6.54 Å². The fourth-order valence-electron chi connectivity index (χ4n) is 2.74. The molecule has 2 aromatic heterocycles. The molecule has 0 spiro atoms. The Morgan fingerprint density at radius 1 is 0.963 bits per heavy atom. The fraction of sp³-hybridized carbons (Fsp3) is 0.105. The van der Waals surface area contributed by atoms with Gasteiger partial charge in [0.2, 0.25) is 0 Å². The average molecular weight is 369 g/mol. The van der Waals surface area contributed by atoms with Crippen molar-refractivity contribution in [3.63, 3.8) is 0 Å². The van der Waals surface area contributed by atoms with E-state index in [4.69, 9.17) is 0 Å². The summed E-state index contributed by atoms with van der Waals surface area (Å²) in [6.45, 7) is 0.190. The number of halogens is 3. The number of fused-ring (bicyclic) bond motifs is 1. The Kier molecular flexibility index (Phi) is 4.23. The lowest BCUT2D eigenvalue weighted by Gasteiger charge is -2.10. The molecule has 0 atom stereocenters. The maximum Gasteiger partial charge on any atom is 0.416 e. The second kappa shape index (κ2) is 6.71. The van der Waals surface area contributed by atoms with Gasteiger partial charge in [-0.15, -0.1) is 0 Å². The van der Waals surface area contributed by atoms with Gasteiger partial charge in [0.1, 0.15) is 17.7 Å². The van der Waals surface area contributed by atoms with Crippen LogP contribution in [-0.2, 0) is 12.7 Å². The van der Waals surface area contributed by atoms with Gasteiger partial charge in [0.05, 0.1) is 5.56 Å². The maximum absolute atomic E-state index is 12.8. The summed E-state index contributed by atoms with van der Waals surface area (Å²) >= 11 is 0. The molecule has 2 aromatic carbocycles. The van der Waals surface area contributed by atoms with Crippen LogP contribution < -0.4 is 5.32 Å². The van der Waals surface area contributed by atoms with Crippen molar-refractivity contribution in [2.24, 2.45) is 0 Å². The van der Waals surface area contributed by atoms with Crippen molar-refractivity contribution in [3.8, 4) is 11.4 Å². The number of nitrogens with one attached hydrogen (secondary N) is 2. The predicted octanol–water partition coefficient (Wildman–Crippen LogP) is 4.65. The third-order valence-electron chi connectivity index (χ3n) is 4.05. The second-order valence-electron chi connectivity index (χ2n) is 5.92. The highest BCUT2D eigenvalue weighted by molar-refractivity contribution is 5.85. The van der Waals surface area contributed by atoms with E-state index in [1.165, 1.54) is 12.4 Å². The summed E-state index contributed by atoms with van der Waals surface area (Å²) in [5.41, 5.74) is 1.81. The molecule has 0 amide bonds. The van der Waals surface area contributed by atoms with Crippen LogP contribution in [0.25, 0.3) is 22.6 Å². The van der Waals surface area contributed by atoms with Crippen LogP contribution in [0.1, 0.15) is 11.1 Å². The Morgan fingerprint density at radius 3 is 2.56 bits per heavy atom. The summed E-state index contributed by atoms with van der Waals surface area (Å²) in [6.07, 6.45) is -3.00. The highest BCUT2D eigenvalue weighted by Gasteiger charge is 2.30. The summed E-state index contributed by atoms with van der Waals surface area (Å²) in [5, 5.41) is 3.06. The van der Waals surface area contributed by atoms with E-state index < -0.39 is 11.7 Å². The van der Waals surface area contributed by atoms with E-state index in [0.29, 0.717) is 28.4 Å². The van der Waals surface area contributed by atoms with Gasteiger partial charge in [-0.3, -0.25) is 0 Å². The zero-order valence-corrected chi connectivity index (χ0v) is 14.0. The van der Waals surface area contributed by atoms with Gasteiger partial charge < -0.3 is 10.3 Å². The molecule has 0 fully saturated rings. The van der Waals surface area contributed by atoms with Crippen molar-refractivity contribution in [2.75, 3.05) is 5.32 Å². The number of hydrogen-bond donors (Lipinski definition) is 2. The molecule has 0 aliphatic carbocycles. The molecular weight excluding hydrogens is 355 g/mol. The van der Waals surface area contributed by atoms with Crippen LogP contribution in [0.15, 0.2) is 60.9 Å². The Hall–Kier alpha value is -3.42. The summed E-state index contributed by atoms with van der Waals surface area (Å²) < 4.78 is 38.5. The smallest absolute Gasteiger partial charge is 0.364 e. The Morgan fingerprint density at radius 2 is 1.78 bits per heavy atom. The molecule has 0 unspecified atom stereocenters. The molecule has 0 aliphatic heterocycles. The highest BCUT2D eigenvalue weighted by Crippen LogP contribution is 2.30. The number of aromatic nitrogens is 4. The van der Waals surface area contributed by atoms with Crippen LogP contribution >= 0.6 is 0 Å². The van der Waals surface area contributed by atoms with Crippen molar-refractivity contribution in [1.29, 1.82) is 0 Å². The minimum absolute atomic E-state index is 0.190. The lowest BCUT2D eigenvalue weighted by molar-refractivity contribution is -0.137. The molecule has 0 aliphatic rings. The standard InChI is InChI=1S/C19H14F3N5/c20-19(21,22)14-8-4-5-12(9-14)10-23-17-15-18(25-11-24-17)27-16(26-15)13-6-2-1-3-7-13/h1-9,11H,10H2,(H2,23,24,25,26,27). The van der Waals surface area contributed by atoms with Crippen molar-refractivity contribution >= 4 is 17.0 Å². The van der Waals surface area contributed by atoms with Crippen LogP contribution in [-0.4, -0.2) is 19.9 Å². The first-order valence-corrected chi connectivity index (χ1v) is 8.17. The lowest BCUT2D eigenvalue weighted by Crippen LogP contribution is -2.07. The summed E-state index contributed by atoms with van der Waals surface area (Å²) in [6, 6.07) is 14.7. The number of aromatic amines is 1. The number of alkyl halides is 3. The van der Waals surface area contributed by atoms with Crippen LogP contribution in [0.3, 0.4) is 0 Å². The number of imidazole rings is 1. The van der Waals surface area contributed by atoms with Gasteiger partial charge in [-0.25, -0.2) is 15.0 Å². The van der Waals surface area contributed by atoms with Gasteiger partial charge in [0.25, 0.3) is 0 Å².